The summed E-state index contributed by atoms with van der Waals surface area (Å²) in [5, 5.41) is 15.5. The minimum Gasteiger partial charge on any atom is -0.478 e. The van der Waals surface area contributed by atoms with Gasteiger partial charge >= 0.3 is 5.97 Å². The molecule has 138 valence electrons. The van der Waals surface area contributed by atoms with Crippen LogP contribution < -0.4 is 10.6 Å². The minimum atomic E-state index is -0.949. The molecular formula is C21H22N4O2. The molecule has 0 spiro atoms. The van der Waals surface area contributed by atoms with Gasteiger partial charge in [0.05, 0.1) is 5.56 Å². The van der Waals surface area contributed by atoms with Crippen LogP contribution in [-0.2, 0) is 0 Å². The molecule has 0 aliphatic carbocycles. The van der Waals surface area contributed by atoms with Gasteiger partial charge in [-0.15, -0.1) is 0 Å². The van der Waals surface area contributed by atoms with Gasteiger partial charge in [-0.25, -0.2) is 9.78 Å². The van der Waals surface area contributed by atoms with E-state index >= 15 is 0 Å². The Hall–Kier alpha value is -3.41. The van der Waals surface area contributed by atoms with Crippen molar-refractivity contribution >= 4 is 29.1 Å². The molecule has 27 heavy (non-hydrogen) atoms. The van der Waals surface area contributed by atoms with Crippen molar-refractivity contribution in [2.75, 3.05) is 10.6 Å². The number of benzene rings is 2. The predicted molar refractivity (Wildman–Crippen MR) is 107 cm³/mol. The van der Waals surface area contributed by atoms with Crippen LogP contribution in [0.25, 0.3) is 0 Å². The van der Waals surface area contributed by atoms with Gasteiger partial charge in [0.2, 0.25) is 5.95 Å². The Kier molecular flexibility index (Phi) is 5.35. The molecular weight excluding hydrogens is 340 g/mol. The topological polar surface area (TPSA) is 87.1 Å². The van der Waals surface area contributed by atoms with Crippen molar-refractivity contribution in [2.45, 2.75) is 26.7 Å². The third-order valence-electron chi connectivity index (χ3n) is 4.09. The van der Waals surface area contributed by atoms with Crippen molar-refractivity contribution in [3.8, 4) is 0 Å². The second-order valence-electron chi connectivity index (χ2n) is 6.59. The summed E-state index contributed by atoms with van der Waals surface area (Å²) in [6.45, 7) is 6.19. The third kappa shape index (κ3) is 4.61. The van der Waals surface area contributed by atoms with Crippen LogP contribution in [0.15, 0.2) is 54.6 Å². The van der Waals surface area contributed by atoms with Crippen molar-refractivity contribution in [1.82, 2.24) is 9.97 Å². The van der Waals surface area contributed by atoms with E-state index in [-0.39, 0.29) is 5.56 Å². The summed E-state index contributed by atoms with van der Waals surface area (Å²) in [4.78, 5) is 20.0. The van der Waals surface area contributed by atoms with Gasteiger partial charge in [0.1, 0.15) is 5.82 Å². The first kappa shape index (κ1) is 18.4. The average Bonchev–Trinajstić information content (AvgIpc) is 2.62. The smallest absolute Gasteiger partial charge is 0.335 e. The normalized spacial score (nSPS) is 10.7. The lowest BCUT2D eigenvalue weighted by atomic mass is 10.0. The van der Waals surface area contributed by atoms with Crippen molar-refractivity contribution < 1.29 is 9.90 Å². The van der Waals surface area contributed by atoms with E-state index in [4.69, 9.17) is 5.11 Å². The van der Waals surface area contributed by atoms with E-state index in [0.29, 0.717) is 17.7 Å². The van der Waals surface area contributed by atoms with E-state index in [0.717, 1.165) is 17.1 Å². The Morgan fingerprint density at radius 3 is 2.37 bits per heavy atom. The number of anilines is 4. The van der Waals surface area contributed by atoms with Crippen LogP contribution in [0.5, 0.6) is 0 Å². The molecule has 0 unspecified atom stereocenters. The van der Waals surface area contributed by atoms with E-state index in [1.54, 1.807) is 24.3 Å². The van der Waals surface area contributed by atoms with Gasteiger partial charge in [-0.1, -0.05) is 32.0 Å². The first-order chi connectivity index (χ1) is 12.9. The quantitative estimate of drug-likeness (QED) is 0.566. The lowest BCUT2D eigenvalue weighted by Gasteiger charge is -2.14. The number of nitrogens with one attached hydrogen (secondary N) is 2. The molecule has 0 saturated carbocycles. The van der Waals surface area contributed by atoms with Gasteiger partial charge in [-0.05, 0) is 48.7 Å². The summed E-state index contributed by atoms with van der Waals surface area (Å²) in [6, 6.07) is 16.5. The minimum absolute atomic E-state index is 0.243. The van der Waals surface area contributed by atoms with Crippen molar-refractivity contribution in [2.24, 2.45) is 0 Å². The van der Waals surface area contributed by atoms with Crippen LogP contribution >= 0.6 is 0 Å². The number of aryl methyl sites for hydroxylation is 1. The molecule has 1 aromatic heterocycles. The molecule has 0 bridgehead atoms. The highest BCUT2D eigenvalue weighted by Gasteiger charge is 2.09. The molecule has 0 fully saturated rings. The van der Waals surface area contributed by atoms with Crippen LogP contribution in [0.2, 0.25) is 0 Å². The Morgan fingerprint density at radius 2 is 1.70 bits per heavy atom. The fraction of sp³-hybridized carbons (Fsp3) is 0.190. The van der Waals surface area contributed by atoms with E-state index in [9.17, 15) is 4.79 Å². The number of hydrogen-bond donors (Lipinski definition) is 3. The standard InChI is InChI=1S/C21H22N4O2/c1-13(2)17-6-4-5-7-18(17)24-21-22-14(3)12-19(25-21)23-16-10-8-15(9-11-16)20(26)27/h4-13H,1-3H3,(H,26,27)(H2,22,23,24,25). The predicted octanol–water partition coefficient (Wildman–Crippen LogP) is 5.09. The average molecular weight is 362 g/mol. The molecule has 0 aliphatic heterocycles. The van der Waals surface area contributed by atoms with E-state index < -0.39 is 5.97 Å². The number of carbonyl (C=O) groups is 1. The van der Waals surface area contributed by atoms with Crippen LogP contribution in [-0.4, -0.2) is 21.0 Å². The molecule has 3 N–H and O–H groups in total. The summed E-state index contributed by atoms with van der Waals surface area (Å²) in [5.41, 5.74) is 3.99. The van der Waals surface area contributed by atoms with Gasteiger partial charge in [-0.3, -0.25) is 0 Å². The highest BCUT2D eigenvalue weighted by molar-refractivity contribution is 5.88. The Bertz CT molecular complexity index is 953. The first-order valence-corrected chi connectivity index (χ1v) is 8.74. The molecule has 0 atom stereocenters. The van der Waals surface area contributed by atoms with Gasteiger partial charge < -0.3 is 15.7 Å². The number of rotatable bonds is 6. The second kappa shape index (κ2) is 7.86. The molecule has 0 aliphatic rings. The van der Waals surface area contributed by atoms with Crippen molar-refractivity contribution in [1.29, 1.82) is 0 Å². The number of carboxylic acids is 1. The fourth-order valence-corrected chi connectivity index (χ4v) is 2.77. The summed E-state index contributed by atoms with van der Waals surface area (Å²) >= 11 is 0. The lowest BCUT2D eigenvalue weighted by molar-refractivity contribution is 0.0697. The lowest BCUT2D eigenvalue weighted by Crippen LogP contribution is -2.04. The Labute approximate surface area is 158 Å². The molecule has 3 aromatic rings. The SMILES string of the molecule is Cc1cc(Nc2ccc(C(=O)O)cc2)nc(Nc2ccccc2C(C)C)n1. The maximum absolute atomic E-state index is 11.0. The van der Waals surface area contributed by atoms with E-state index in [2.05, 4.69) is 40.5 Å². The second-order valence-corrected chi connectivity index (χ2v) is 6.59. The highest BCUT2D eigenvalue weighted by Crippen LogP contribution is 2.26. The van der Waals surface area contributed by atoms with Crippen LogP contribution in [0.4, 0.5) is 23.1 Å². The summed E-state index contributed by atoms with van der Waals surface area (Å²) in [7, 11) is 0. The molecule has 6 heteroatoms. The Balaban J connectivity index is 1.83. The van der Waals surface area contributed by atoms with Gasteiger partial charge in [0, 0.05) is 23.1 Å². The molecule has 3 rings (SSSR count). The van der Waals surface area contributed by atoms with Gasteiger partial charge in [0.15, 0.2) is 0 Å². The maximum Gasteiger partial charge on any atom is 0.335 e. The van der Waals surface area contributed by atoms with Crippen LogP contribution in [0, 0.1) is 6.92 Å². The Morgan fingerprint density at radius 1 is 1.00 bits per heavy atom. The molecule has 0 saturated heterocycles. The molecule has 1 heterocycles. The maximum atomic E-state index is 11.0. The number of aromatic nitrogens is 2. The van der Waals surface area contributed by atoms with Crippen LogP contribution in [0.3, 0.4) is 0 Å². The van der Waals surface area contributed by atoms with Gasteiger partial charge in [0.25, 0.3) is 0 Å². The molecule has 0 radical (unpaired) electrons. The third-order valence-corrected chi connectivity index (χ3v) is 4.09. The zero-order valence-electron chi connectivity index (χ0n) is 15.5. The summed E-state index contributed by atoms with van der Waals surface area (Å²) in [6.07, 6.45) is 0. The number of nitrogens with zero attached hydrogens (tertiary/aromatic N) is 2. The van der Waals surface area contributed by atoms with Gasteiger partial charge in [-0.2, -0.15) is 4.98 Å². The highest BCUT2D eigenvalue weighted by atomic mass is 16.4. The van der Waals surface area contributed by atoms with Crippen LogP contribution in [0.1, 0.15) is 41.4 Å². The summed E-state index contributed by atoms with van der Waals surface area (Å²) < 4.78 is 0. The largest absolute Gasteiger partial charge is 0.478 e. The number of aromatic carboxylic acids is 1. The zero-order valence-corrected chi connectivity index (χ0v) is 15.5. The van der Waals surface area contributed by atoms with Crippen molar-refractivity contribution in [3.05, 3.63) is 71.4 Å². The van der Waals surface area contributed by atoms with E-state index in [1.165, 1.54) is 5.56 Å². The zero-order chi connectivity index (χ0) is 19.4. The van der Waals surface area contributed by atoms with Crippen molar-refractivity contribution in [3.63, 3.8) is 0 Å². The molecule has 2 aromatic carbocycles. The summed E-state index contributed by atoms with van der Waals surface area (Å²) in [5.74, 6) is 0.571. The fourth-order valence-electron chi connectivity index (χ4n) is 2.77. The number of para-hydroxylation sites is 1. The number of hydrogen-bond acceptors (Lipinski definition) is 5. The molecule has 6 nitrogen and oxygen atoms in total. The molecule has 0 amide bonds. The van der Waals surface area contributed by atoms with E-state index in [1.807, 2.05) is 31.2 Å². The first-order valence-electron chi connectivity index (χ1n) is 8.74. The number of carboxylic acid groups (broad SMARTS) is 1. The monoisotopic (exact) mass is 362 g/mol.